The van der Waals surface area contributed by atoms with Crippen molar-refractivity contribution in [1.29, 1.82) is 0 Å². The number of aromatic nitrogens is 2. The van der Waals surface area contributed by atoms with Crippen molar-refractivity contribution in [3.63, 3.8) is 0 Å². The van der Waals surface area contributed by atoms with Gasteiger partial charge in [0.25, 0.3) is 0 Å². The molecule has 3 rings (SSSR count). The summed E-state index contributed by atoms with van der Waals surface area (Å²) in [6, 6.07) is 15.3. The molecule has 5 nitrogen and oxygen atoms in total. The number of ether oxygens (including phenoxy) is 1. The van der Waals surface area contributed by atoms with Crippen LogP contribution < -0.4 is 0 Å². The highest BCUT2D eigenvalue weighted by Gasteiger charge is 2.17. The van der Waals surface area contributed by atoms with Crippen LogP contribution in [-0.2, 0) is 24.2 Å². The highest BCUT2D eigenvalue weighted by atomic mass is 16.5. The second-order valence-electron chi connectivity index (χ2n) is 7.41. The van der Waals surface area contributed by atoms with E-state index in [-0.39, 0.29) is 0 Å². The van der Waals surface area contributed by atoms with Crippen LogP contribution in [0.4, 0.5) is 0 Å². The van der Waals surface area contributed by atoms with Crippen LogP contribution >= 0.6 is 0 Å². The molecule has 1 N–H and O–H groups in total. The molecule has 0 amide bonds. The lowest BCUT2D eigenvalue weighted by molar-refractivity contribution is 0.0697. The van der Waals surface area contributed by atoms with E-state index in [0.29, 0.717) is 18.6 Å². The molecule has 1 heterocycles. The number of carbonyl (C=O) groups is 1. The fraction of sp³-hybridized carbons (Fsp3) is 0.320. The van der Waals surface area contributed by atoms with Gasteiger partial charge >= 0.3 is 5.97 Å². The Morgan fingerprint density at radius 1 is 1.07 bits per heavy atom. The van der Waals surface area contributed by atoms with E-state index in [0.717, 1.165) is 58.7 Å². The molecule has 30 heavy (non-hydrogen) atoms. The second-order valence-corrected chi connectivity index (χ2v) is 7.41. The monoisotopic (exact) mass is 404 g/mol. The zero-order valence-corrected chi connectivity index (χ0v) is 17.8. The Kier molecular flexibility index (Phi) is 7.31. The Bertz CT molecular complexity index is 1020. The van der Waals surface area contributed by atoms with E-state index < -0.39 is 5.97 Å². The molecule has 0 saturated heterocycles. The van der Waals surface area contributed by atoms with Gasteiger partial charge in [0.05, 0.1) is 17.9 Å². The Hall–Kier alpha value is -3.05. The molecule has 0 radical (unpaired) electrons. The number of carboxylic acid groups (broad SMARTS) is 1. The van der Waals surface area contributed by atoms with E-state index in [1.54, 1.807) is 13.2 Å². The van der Waals surface area contributed by atoms with Crippen molar-refractivity contribution < 1.29 is 14.6 Å². The first-order valence-corrected chi connectivity index (χ1v) is 10.3. The van der Waals surface area contributed by atoms with E-state index in [4.69, 9.17) is 4.74 Å². The third kappa shape index (κ3) is 5.10. The molecule has 0 fully saturated rings. The number of unbranched alkanes of at least 4 members (excludes halogenated alkanes) is 1. The first-order valence-electron chi connectivity index (χ1n) is 10.3. The fourth-order valence-electron chi connectivity index (χ4n) is 3.68. The van der Waals surface area contributed by atoms with Crippen molar-refractivity contribution in [3.8, 4) is 11.1 Å². The summed E-state index contributed by atoms with van der Waals surface area (Å²) in [6.45, 7) is 4.46. The minimum atomic E-state index is -0.931. The van der Waals surface area contributed by atoms with Gasteiger partial charge in [-0.05, 0) is 42.5 Å². The van der Waals surface area contributed by atoms with Crippen LogP contribution in [0.2, 0.25) is 0 Å². The number of nitrogens with zero attached hydrogens (tertiary/aromatic N) is 2. The van der Waals surface area contributed by atoms with Crippen LogP contribution in [0, 0.1) is 6.92 Å². The van der Waals surface area contributed by atoms with E-state index in [2.05, 4.69) is 16.9 Å². The van der Waals surface area contributed by atoms with Gasteiger partial charge in [0.15, 0.2) is 0 Å². The summed E-state index contributed by atoms with van der Waals surface area (Å²) in [5.41, 5.74) is 5.78. The highest BCUT2D eigenvalue weighted by molar-refractivity contribution is 5.96. The quantitative estimate of drug-likeness (QED) is 0.529. The summed E-state index contributed by atoms with van der Waals surface area (Å²) in [5.74, 6) is -0.193. The molecule has 0 aliphatic heterocycles. The first-order chi connectivity index (χ1) is 14.5. The minimum absolute atomic E-state index is 0.301. The van der Waals surface area contributed by atoms with Crippen LogP contribution in [-0.4, -0.2) is 28.2 Å². The Balaban J connectivity index is 2.03. The summed E-state index contributed by atoms with van der Waals surface area (Å²) >= 11 is 0. The van der Waals surface area contributed by atoms with Gasteiger partial charge in [-0.2, -0.15) is 0 Å². The number of aryl methyl sites for hydroxylation is 2. The molecule has 156 valence electrons. The zero-order chi connectivity index (χ0) is 21.5. The van der Waals surface area contributed by atoms with Crippen LogP contribution in [0.1, 0.15) is 58.5 Å². The molecule has 0 aliphatic rings. The average Bonchev–Trinajstić information content (AvgIpc) is 2.75. The topological polar surface area (TPSA) is 72.3 Å². The normalized spacial score (nSPS) is 10.9. The third-order valence-electron chi connectivity index (χ3n) is 5.12. The van der Waals surface area contributed by atoms with Gasteiger partial charge in [-0.3, -0.25) is 0 Å². The molecule has 5 heteroatoms. The number of methoxy groups -OCH3 is 1. The summed E-state index contributed by atoms with van der Waals surface area (Å²) < 4.78 is 5.38. The summed E-state index contributed by atoms with van der Waals surface area (Å²) in [7, 11) is 1.66. The number of carboxylic acids is 1. The highest BCUT2D eigenvalue weighted by Crippen LogP contribution is 2.27. The lowest BCUT2D eigenvalue weighted by Gasteiger charge is -2.15. The molecule has 1 aromatic heterocycles. The molecule has 0 aliphatic carbocycles. The maximum Gasteiger partial charge on any atom is 0.336 e. The van der Waals surface area contributed by atoms with Crippen molar-refractivity contribution >= 4 is 5.97 Å². The summed E-state index contributed by atoms with van der Waals surface area (Å²) in [4.78, 5) is 21.3. The van der Waals surface area contributed by atoms with Gasteiger partial charge in [-0.15, -0.1) is 0 Å². The summed E-state index contributed by atoms with van der Waals surface area (Å²) in [6.07, 6.45) is 3.58. The zero-order valence-electron chi connectivity index (χ0n) is 17.8. The predicted molar refractivity (Wildman–Crippen MR) is 118 cm³/mol. The minimum Gasteiger partial charge on any atom is -0.478 e. The molecule has 0 atom stereocenters. The largest absolute Gasteiger partial charge is 0.478 e. The van der Waals surface area contributed by atoms with Crippen molar-refractivity contribution in [2.75, 3.05) is 7.11 Å². The lowest BCUT2D eigenvalue weighted by atomic mass is 9.93. The average molecular weight is 405 g/mol. The lowest BCUT2D eigenvalue weighted by Crippen LogP contribution is -2.11. The van der Waals surface area contributed by atoms with E-state index in [9.17, 15) is 9.90 Å². The molecule has 0 bridgehead atoms. The number of benzene rings is 2. The van der Waals surface area contributed by atoms with Gasteiger partial charge in [0, 0.05) is 24.8 Å². The van der Waals surface area contributed by atoms with Gasteiger partial charge in [-0.25, -0.2) is 14.8 Å². The summed E-state index contributed by atoms with van der Waals surface area (Å²) in [5, 5.41) is 9.82. The van der Waals surface area contributed by atoms with E-state index >= 15 is 0 Å². The number of hydrogen-bond donors (Lipinski definition) is 1. The van der Waals surface area contributed by atoms with Crippen LogP contribution in [0.15, 0.2) is 48.5 Å². The van der Waals surface area contributed by atoms with Crippen molar-refractivity contribution in [2.45, 2.75) is 46.1 Å². The van der Waals surface area contributed by atoms with Gasteiger partial charge in [0.1, 0.15) is 5.82 Å². The van der Waals surface area contributed by atoms with Crippen LogP contribution in [0.5, 0.6) is 0 Å². The third-order valence-corrected chi connectivity index (χ3v) is 5.12. The van der Waals surface area contributed by atoms with Crippen molar-refractivity contribution in [2.24, 2.45) is 0 Å². The Morgan fingerprint density at radius 2 is 1.80 bits per heavy atom. The van der Waals surface area contributed by atoms with Gasteiger partial charge < -0.3 is 9.84 Å². The molecule has 0 unspecified atom stereocenters. The standard InChI is InChI=1S/C25H28N2O3/c1-4-5-11-23-22(24(16-30-3)27-17(2)26-23)15-18-12-13-20(21(14-18)25(28)29)19-9-7-6-8-10-19/h6-10,12-14H,4-5,11,15-16H2,1-3H3,(H,28,29). The van der Waals surface area contributed by atoms with E-state index in [1.807, 2.05) is 49.4 Å². The maximum absolute atomic E-state index is 12.0. The van der Waals surface area contributed by atoms with Gasteiger partial charge in [0.2, 0.25) is 0 Å². The van der Waals surface area contributed by atoms with Crippen LogP contribution in [0.25, 0.3) is 11.1 Å². The molecule has 0 spiro atoms. The molecule has 2 aromatic carbocycles. The molecule has 0 saturated carbocycles. The molecule has 3 aromatic rings. The Labute approximate surface area is 177 Å². The number of rotatable bonds is 9. The maximum atomic E-state index is 12.0. The first kappa shape index (κ1) is 21.7. The molecular formula is C25H28N2O3. The van der Waals surface area contributed by atoms with E-state index in [1.165, 1.54) is 0 Å². The van der Waals surface area contributed by atoms with Crippen molar-refractivity contribution in [3.05, 3.63) is 82.4 Å². The predicted octanol–water partition coefficient (Wildman–Crippen LogP) is 5.23. The molecular weight excluding hydrogens is 376 g/mol. The SMILES string of the molecule is CCCCc1nc(C)nc(COC)c1Cc1ccc(-c2ccccc2)c(C(=O)O)c1. The smallest absolute Gasteiger partial charge is 0.336 e. The fourth-order valence-corrected chi connectivity index (χ4v) is 3.68. The van der Waals surface area contributed by atoms with Crippen LogP contribution in [0.3, 0.4) is 0 Å². The number of aromatic carboxylic acids is 1. The van der Waals surface area contributed by atoms with Crippen molar-refractivity contribution in [1.82, 2.24) is 9.97 Å². The number of hydrogen-bond acceptors (Lipinski definition) is 4. The van der Waals surface area contributed by atoms with Gasteiger partial charge in [-0.1, -0.05) is 55.8 Å². The second kappa shape index (κ2) is 10.1. The Morgan fingerprint density at radius 3 is 2.47 bits per heavy atom.